The number of hydrogen-bond donors (Lipinski definition) is 1. The van der Waals surface area contributed by atoms with Crippen LogP contribution < -0.4 is 14.8 Å². The van der Waals surface area contributed by atoms with Gasteiger partial charge in [0, 0.05) is 25.2 Å². The third-order valence-electron chi connectivity index (χ3n) is 4.30. The number of carbonyl (C=O) groups excluding carboxylic acids is 1. The van der Waals surface area contributed by atoms with Gasteiger partial charge in [0.05, 0.1) is 7.11 Å². The molecule has 2 bridgehead atoms. The van der Waals surface area contributed by atoms with Crippen molar-refractivity contribution in [2.45, 2.75) is 31.3 Å². The molecule has 0 aliphatic carbocycles. The molecule has 21 heavy (non-hydrogen) atoms. The van der Waals surface area contributed by atoms with Crippen LogP contribution in [0, 0.1) is 0 Å². The molecular weight excluding hydrogens is 268 g/mol. The minimum Gasteiger partial charge on any atom is -0.497 e. The number of ether oxygens (including phenoxy) is 2. The van der Waals surface area contributed by atoms with Crippen molar-refractivity contribution in [2.24, 2.45) is 0 Å². The largest absolute Gasteiger partial charge is 0.497 e. The number of rotatable bonds is 4. The Morgan fingerprint density at radius 2 is 1.90 bits per heavy atom. The molecule has 0 aromatic heterocycles. The van der Waals surface area contributed by atoms with Gasteiger partial charge in [-0.25, -0.2) is 0 Å². The molecule has 2 aliphatic heterocycles. The predicted octanol–water partition coefficient (Wildman–Crippen LogP) is 1.43. The predicted molar refractivity (Wildman–Crippen MR) is 79.6 cm³/mol. The van der Waals surface area contributed by atoms with Crippen LogP contribution in [0.1, 0.15) is 19.3 Å². The van der Waals surface area contributed by atoms with Crippen molar-refractivity contribution in [2.75, 3.05) is 26.8 Å². The summed E-state index contributed by atoms with van der Waals surface area (Å²) in [5, 5.41) is 3.58. The monoisotopic (exact) mass is 290 g/mol. The molecule has 0 radical (unpaired) electrons. The third kappa shape index (κ3) is 3.47. The maximum absolute atomic E-state index is 12.3. The molecule has 1 N–H and O–H groups in total. The topological polar surface area (TPSA) is 50.8 Å². The lowest BCUT2D eigenvalue weighted by molar-refractivity contribution is -0.133. The maximum Gasteiger partial charge on any atom is 0.260 e. The highest BCUT2D eigenvalue weighted by Crippen LogP contribution is 2.21. The molecule has 1 amide bonds. The highest BCUT2D eigenvalue weighted by Gasteiger charge is 2.31. The normalized spacial score (nSPS) is 24.5. The van der Waals surface area contributed by atoms with Gasteiger partial charge >= 0.3 is 0 Å². The van der Waals surface area contributed by atoms with Gasteiger partial charge in [-0.15, -0.1) is 0 Å². The summed E-state index contributed by atoms with van der Waals surface area (Å²) in [6, 6.07) is 8.34. The van der Waals surface area contributed by atoms with Gasteiger partial charge in [0.1, 0.15) is 11.5 Å². The standard InChI is InChI=1S/C16H22N2O3/c1-20-14-4-6-15(7-5-14)21-11-16(19)18-9-8-12-2-3-13(10-18)17-12/h4-7,12-13,17H,2-3,8-11H2,1H3/t12-,13+/m0/s1. The summed E-state index contributed by atoms with van der Waals surface area (Å²) >= 11 is 0. The fraction of sp³-hybridized carbons (Fsp3) is 0.562. The minimum absolute atomic E-state index is 0.0696. The van der Waals surface area contributed by atoms with E-state index in [9.17, 15) is 4.79 Å². The minimum atomic E-state index is 0.0696. The first-order valence-corrected chi connectivity index (χ1v) is 7.55. The number of likely N-dealkylation sites (tertiary alicyclic amines) is 1. The third-order valence-corrected chi connectivity index (χ3v) is 4.30. The fourth-order valence-corrected chi connectivity index (χ4v) is 3.08. The SMILES string of the molecule is COc1ccc(OCC(=O)N2CC[C@@H]3CC[C@H](C2)N3)cc1. The van der Waals surface area contributed by atoms with E-state index in [4.69, 9.17) is 9.47 Å². The Bertz CT molecular complexity index is 489. The first-order chi connectivity index (χ1) is 10.2. The van der Waals surface area contributed by atoms with Gasteiger partial charge in [-0.05, 0) is 43.5 Å². The van der Waals surface area contributed by atoms with Gasteiger partial charge in [0.25, 0.3) is 5.91 Å². The second kappa shape index (κ2) is 6.35. The van der Waals surface area contributed by atoms with Crippen LogP contribution in [0.2, 0.25) is 0 Å². The molecule has 2 heterocycles. The summed E-state index contributed by atoms with van der Waals surface area (Å²) in [6.07, 6.45) is 3.47. The Labute approximate surface area is 125 Å². The molecule has 2 fully saturated rings. The molecule has 114 valence electrons. The van der Waals surface area contributed by atoms with Crippen LogP contribution in [0.15, 0.2) is 24.3 Å². The number of nitrogens with one attached hydrogen (secondary N) is 1. The molecule has 0 spiro atoms. The molecule has 1 aromatic rings. The lowest BCUT2D eigenvalue weighted by Crippen LogP contribution is -2.41. The smallest absolute Gasteiger partial charge is 0.260 e. The van der Waals surface area contributed by atoms with E-state index >= 15 is 0 Å². The van der Waals surface area contributed by atoms with E-state index in [1.54, 1.807) is 7.11 Å². The van der Waals surface area contributed by atoms with Crippen LogP contribution in [0.4, 0.5) is 0 Å². The molecule has 2 aliphatic rings. The van der Waals surface area contributed by atoms with E-state index in [1.807, 2.05) is 29.2 Å². The molecule has 3 rings (SSSR count). The quantitative estimate of drug-likeness (QED) is 0.911. The van der Waals surface area contributed by atoms with Crippen molar-refractivity contribution in [1.29, 1.82) is 0 Å². The second-order valence-electron chi connectivity index (χ2n) is 5.73. The number of benzene rings is 1. The van der Waals surface area contributed by atoms with Crippen LogP contribution in [0.25, 0.3) is 0 Å². The van der Waals surface area contributed by atoms with Crippen LogP contribution in [0.3, 0.4) is 0 Å². The van der Waals surface area contributed by atoms with Crippen LogP contribution in [-0.2, 0) is 4.79 Å². The van der Waals surface area contributed by atoms with E-state index in [0.717, 1.165) is 25.3 Å². The lowest BCUT2D eigenvalue weighted by Gasteiger charge is -2.24. The van der Waals surface area contributed by atoms with E-state index < -0.39 is 0 Å². The van der Waals surface area contributed by atoms with Crippen LogP contribution in [-0.4, -0.2) is 49.7 Å². The molecule has 0 saturated carbocycles. The van der Waals surface area contributed by atoms with Gasteiger partial charge in [0.15, 0.2) is 6.61 Å². The maximum atomic E-state index is 12.3. The number of nitrogens with zero attached hydrogens (tertiary/aromatic N) is 1. The summed E-state index contributed by atoms with van der Waals surface area (Å²) < 4.78 is 10.7. The highest BCUT2D eigenvalue weighted by atomic mass is 16.5. The molecule has 2 saturated heterocycles. The van der Waals surface area contributed by atoms with E-state index in [0.29, 0.717) is 17.8 Å². The van der Waals surface area contributed by atoms with Crippen molar-refractivity contribution in [3.63, 3.8) is 0 Å². The first kappa shape index (κ1) is 14.2. The van der Waals surface area contributed by atoms with Crippen molar-refractivity contribution in [1.82, 2.24) is 10.2 Å². The molecule has 5 heteroatoms. The van der Waals surface area contributed by atoms with Gasteiger partial charge in [0.2, 0.25) is 0 Å². The zero-order chi connectivity index (χ0) is 14.7. The molecule has 5 nitrogen and oxygen atoms in total. The summed E-state index contributed by atoms with van der Waals surface area (Å²) in [6.45, 7) is 1.74. The Hall–Kier alpha value is -1.75. The lowest BCUT2D eigenvalue weighted by atomic mass is 10.1. The van der Waals surface area contributed by atoms with Crippen molar-refractivity contribution in [3.05, 3.63) is 24.3 Å². The number of hydrogen-bond acceptors (Lipinski definition) is 4. The van der Waals surface area contributed by atoms with E-state index in [-0.39, 0.29) is 12.5 Å². The first-order valence-electron chi connectivity index (χ1n) is 7.55. The Morgan fingerprint density at radius 3 is 2.67 bits per heavy atom. The van der Waals surface area contributed by atoms with Gasteiger partial charge in [-0.2, -0.15) is 0 Å². The molecule has 0 unspecified atom stereocenters. The summed E-state index contributed by atoms with van der Waals surface area (Å²) in [4.78, 5) is 14.2. The number of fused-ring (bicyclic) bond motifs is 2. The summed E-state index contributed by atoms with van der Waals surface area (Å²) in [7, 11) is 1.63. The molecule has 2 atom stereocenters. The van der Waals surface area contributed by atoms with Crippen molar-refractivity contribution < 1.29 is 14.3 Å². The number of carbonyl (C=O) groups is 1. The Morgan fingerprint density at radius 1 is 1.19 bits per heavy atom. The van der Waals surface area contributed by atoms with Gasteiger partial charge < -0.3 is 19.7 Å². The molecule has 1 aromatic carbocycles. The Kier molecular flexibility index (Phi) is 4.29. The summed E-state index contributed by atoms with van der Waals surface area (Å²) in [5.41, 5.74) is 0. The molecular formula is C16H22N2O3. The zero-order valence-electron chi connectivity index (χ0n) is 12.4. The Balaban J connectivity index is 1.51. The van der Waals surface area contributed by atoms with Gasteiger partial charge in [-0.1, -0.05) is 0 Å². The average Bonchev–Trinajstić information content (AvgIpc) is 2.84. The van der Waals surface area contributed by atoms with Crippen LogP contribution in [0.5, 0.6) is 11.5 Å². The van der Waals surface area contributed by atoms with E-state index in [1.165, 1.54) is 12.8 Å². The van der Waals surface area contributed by atoms with Crippen LogP contribution >= 0.6 is 0 Å². The van der Waals surface area contributed by atoms with E-state index in [2.05, 4.69) is 5.32 Å². The number of amides is 1. The average molecular weight is 290 g/mol. The van der Waals surface area contributed by atoms with Crippen molar-refractivity contribution in [3.8, 4) is 11.5 Å². The number of methoxy groups -OCH3 is 1. The van der Waals surface area contributed by atoms with Gasteiger partial charge in [-0.3, -0.25) is 4.79 Å². The second-order valence-corrected chi connectivity index (χ2v) is 5.73. The highest BCUT2D eigenvalue weighted by molar-refractivity contribution is 5.77. The van der Waals surface area contributed by atoms with Crippen molar-refractivity contribution >= 4 is 5.91 Å². The summed E-state index contributed by atoms with van der Waals surface area (Å²) in [5.74, 6) is 1.54. The fourth-order valence-electron chi connectivity index (χ4n) is 3.08. The zero-order valence-corrected chi connectivity index (χ0v) is 12.4.